The van der Waals surface area contributed by atoms with Gasteiger partial charge in [-0.15, -0.1) is 0 Å². The van der Waals surface area contributed by atoms with Gasteiger partial charge >= 0.3 is 0 Å². The molecular formula is C19H19FN4O. The van der Waals surface area contributed by atoms with Crippen LogP contribution in [0.2, 0.25) is 0 Å². The number of benzene rings is 2. The molecule has 3 aromatic rings. The minimum atomic E-state index is -0.239. The van der Waals surface area contributed by atoms with Crippen molar-refractivity contribution in [3.63, 3.8) is 0 Å². The number of guanidine groups is 1. The number of aromatic nitrogens is 1. The summed E-state index contributed by atoms with van der Waals surface area (Å²) in [5.74, 6) is -0.0349. The van der Waals surface area contributed by atoms with Crippen LogP contribution in [0.3, 0.4) is 0 Å². The standard InChI is InChI=1S/C19H19FN4O/c1-12(17-11-18(25-24-17)23-19(21)22)9-13-7-8-15(16(20)10-13)14-5-3-2-4-6-14/h2-8,10-12H,9H2,1H3,(H4,21,22,23). The van der Waals surface area contributed by atoms with Crippen molar-refractivity contribution in [1.29, 1.82) is 0 Å². The molecule has 3 rings (SSSR count). The van der Waals surface area contributed by atoms with E-state index in [1.54, 1.807) is 18.2 Å². The molecule has 1 unspecified atom stereocenters. The van der Waals surface area contributed by atoms with Crippen molar-refractivity contribution in [3.05, 3.63) is 71.7 Å². The van der Waals surface area contributed by atoms with Gasteiger partial charge in [-0.2, -0.15) is 4.99 Å². The molecular weight excluding hydrogens is 319 g/mol. The summed E-state index contributed by atoms with van der Waals surface area (Å²) in [6.07, 6.45) is 0.625. The molecule has 128 valence electrons. The Labute approximate surface area is 145 Å². The third kappa shape index (κ3) is 4.03. The number of hydrogen-bond acceptors (Lipinski definition) is 3. The summed E-state index contributed by atoms with van der Waals surface area (Å²) in [5, 5.41) is 3.97. The summed E-state index contributed by atoms with van der Waals surface area (Å²) >= 11 is 0. The normalized spacial score (nSPS) is 11.9. The van der Waals surface area contributed by atoms with Crippen LogP contribution in [0, 0.1) is 5.82 Å². The molecule has 4 N–H and O–H groups in total. The zero-order chi connectivity index (χ0) is 17.8. The Balaban J connectivity index is 1.76. The van der Waals surface area contributed by atoms with Gasteiger partial charge in [-0.05, 0) is 23.6 Å². The van der Waals surface area contributed by atoms with E-state index in [0.717, 1.165) is 11.1 Å². The number of hydrogen-bond donors (Lipinski definition) is 2. The predicted octanol–water partition coefficient (Wildman–Crippen LogP) is 3.73. The topological polar surface area (TPSA) is 90.4 Å². The summed E-state index contributed by atoms with van der Waals surface area (Å²) in [6.45, 7) is 1.99. The largest absolute Gasteiger partial charge is 0.370 e. The molecule has 0 bridgehead atoms. The highest BCUT2D eigenvalue weighted by Crippen LogP contribution is 2.27. The van der Waals surface area contributed by atoms with Crippen molar-refractivity contribution >= 4 is 11.8 Å². The first-order chi connectivity index (χ1) is 12.0. The van der Waals surface area contributed by atoms with Crippen molar-refractivity contribution < 1.29 is 8.91 Å². The fourth-order valence-electron chi connectivity index (χ4n) is 2.69. The highest BCUT2D eigenvalue weighted by Gasteiger charge is 2.14. The van der Waals surface area contributed by atoms with Crippen LogP contribution in [0.1, 0.15) is 24.1 Å². The molecule has 0 aliphatic carbocycles. The van der Waals surface area contributed by atoms with Gasteiger partial charge in [-0.3, -0.25) is 0 Å². The molecule has 0 radical (unpaired) electrons. The van der Waals surface area contributed by atoms with E-state index in [9.17, 15) is 4.39 Å². The van der Waals surface area contributed by atoms with E-state index in [4.69, 9.17) is 16.0 Å². The Morgan fingerprint density at radius 1 is 1.16 bits per heavy atom. The zero-order valence-electron chi connectivity index (χ0n) is 13.8. The van der Waals surface area contributed by atoms with Gasteiger partial charge in [0.25, 0.3) is 5.88 Å². The Morgan fingerprint density at radius 2 is 1.92 bits per heavy atom. The number of rotatable bonds is 5. The number of halogens is 1. The monoisotopic (exact) mass is 338 g/mol. The minimum absolute atomic E-state index is 0.0358. The first kappa shape index (κ1) is 16.7. The zero-order valence-corrected chi connectivity index (χ0v) is 13.8. The highest BCUT2D eigenvalue weighted by molar-refractivity contribution is 5.78. The number of aliphatic imine (C=N–C) groups is 1. The minimum Gasteiger partial charge on any atom is -0.370 e. The predicted molar refractivity (Wildman–Crippen MR) is 95.9 cm³/mol. The van der Waals surface area contributed by atoms with Gasteiger partial charge in [0, 0.05) is 17.5 Å². The van der Waals surface area contributed by atoms with Gasteiger partial charge in [0.15, 0.2) is 5.96 Å². The molecule has 1 aromatic heterocycles. The summed E-state index contributed by atoms with van der Waals surface area (Å²) < 4.78 is 19.5. The summed E-state index contributed by atoms with van der Waals surface area (Å²) in [5.41, 5.74) is 13.7. The SMILES string of the molecule is CC(Cc1ccc(-c2ccccc2)c(F)c1)c1cc(N=C(N)N)on1. The van der Waals surface area contributed by atoms with E-state index in [2.05, 4.69) is 10.1 Å². The molecule has 1 atom stereocenters. The molecule has 0 amide bonds. The summed E-state index contributed by atoms with van der Waals surface area (Å²) in [7, 11) is 0. The maximum atomic E-state index is 14.5. The second kappa shape index (κ2) is 7.17. The smallest absolute Gasteiger partial charge is 0.253 e. The fraction of sp³-hybridized carbons (Fsp3) is 0.158. The Morgan fingerprint density at radius 3 is 2.60 bits per heavy atom. The molecule has 0 saturated carbocycles. The lowest BCUT2D eigenvalue weighted by atomic mass is 9.96. The quantitative estimate of drug-likeness (QED) is 0.548. The van der Waals surface area contributed by atoms with Crippen molar-refractivity contribution in [2.24, 2.45) is 16.5 Å². The van der Waals surface area contributed by atoms with E-state index in [1.807, 2.05) is 43.3 Å². The molecule has 5 nitrogen and oxygen atoms in total. The van der Waals surface area contributed by atoms with E-state index in [-0.39, 0.29) is 23.6 Å². The summed E-state index contributed by atoms with van der Waals surface area (Å²) in [4.78, 5) is 3.81. The molecule has 6 heteroatoms. The van der Waals surface area contributed by atoms with E-state index < -0.39 is 0 Å². The highest BCUT2D eigenvalue weighted by atomic mass is 19.1. The lowest BCUT2D eigenvalue weighted by molar-refractivity contribution is 0.416. The van der Waals surface area contributed by atoms with E-state index >= 15 is 0 Å². The van der Waals surface area contributed by atoms with Crippen molar-refractivity contribution in [2.75, 3.05) is 0 Å². The first-order valence-corrected chi connectivity index (χ1v) is 7.93. The molecule has 0 aliphatic heterocycles. The average molecular weight is 338 g/mol. The Bertz CT molecular complexity index is 885. The van der Waals surface area contributed by atoms with Crippen LogP contribution < -0.4 is 11.5 Å². The fourth-order valence-corrected chi connectivity index (χ4v) is 2.69. The number of nitrogens with two attached hydrogens (primary N) is 2. The van der Waals surface area contributed by atoms with Crippen molar-refractivity contribution in [3.8, 4) is 11.1 Å². The van der Waals surface area contributed by atoms with Crippen LogP contribution in [0.4, 0.5) is 10.3 Å². The van der Waals surface area contributed by atoms with Crippen LogP contribution >= 0.6 is 0 Å². The van der Waals surface area contributed by atoms with E-state index in [0.29, 0.717) is 17.7 Å². The lowest BCUT2D eigenvalue weighted by Crippen LogP contribution is -2.21. The summed E-state index contributed by atoms with van der Waals surface area (Å²) in [6, 6.07) is 16.5. The Kier molecular flexibility index (Phi) is 4.79. The maximum Gasteiger partial charge on any atom is 0.253 e. The van der Waals surface area contributed by atoms with Gasteiger partial charge in [0.05, 0.1) is 5.69 Å². The van der Waals surface area contributed by atoms with Gasteiger partial charge in [-0.25, -0.2) is 4.39 Å². The molecule has 2 aromatic carbocycles. The molecule has 25 heavy (non-hydrogen) atoms. The third-order valence-electron chi connectivity index (χ3n) is 3.92. The molecule has 0 fully saturated rings. The molecule has 0 aliphatic rings. The number of nitrogens with zero attached hydrogens (tertiary/aromatic N) is 2. The Hall–Kier alpha value is -3.15. The van der Waals surface area contributed by atoms with Gasteiger partial charge in [0.2, 0.25) is 0 Å². The maximum absolute atomic E-state index is 14.5. The molecule has 0 spiro atoms. The van der Waals surface area contributed by atoms with Crippen LogP contribution in [-0.2, 0) is 6.42 Å². The molecule has 1 heterocycles. The van der Waals surface area contributed by atoms with Crippen LogP contribution in [-0.4, -0.2) is 11.1 Å². The van der Waals surface area contributed by atoms with Crippen LogP contribution in [0.15, 0.2) is 64.1 Å². The second-order valence-electron chi connectivity index (χ2n) is 5.91. The molecule has 0 saturated heterocycles. The van der Waals surface area contributed by atoms with Crippen molar-refractivity contribution in [1.82, 2.24) is 5.16 Å². The third-order valence-corrected chi connectivity index (χ3v) is 3.92. The van der Waals surface area contributed by atoms with Gasteiger partial charge < -0.3 is 16.0 Å². The van der Waals surface area contributed by atoms with Crippen LogP contribution in [0.5, 0.6) is 0 Å². The second-order valence-corrected chi connectivity index (χ2v) is 5.91. The van der Waals surface area contributed by atoms with Crippen molar-refractivity contribution in [2.45, 2.75) is 19.3 Å². The first-order valence-electron chi connectivity index (χ1n) is 7.93. The van der Waals surface area contributed by atoms with Crippen LogP contribution in [0.25, 0.3) is 11.1 Å². The van der Waals surface area contributed by atoms with Gasteiger partial charge in [0.1, 0.15) is 5.82 Å². The van der Waals surface area contributed by atoms with E-state index in [1.165, 1.54) is 0 Å². The average Bonchev–Trinajstić information content (AvgIpc) is 3.03. The lowest BCUT2D eigenvalue weighted by Gasteiger charge is -2.10. The van der Waals surface area contributed by atoms with Gasteiger partial charge in [-0.1, -0.05) is 54.5 Å².